The molecule has 0 N–H and O–H groups in total. The summed E-state index contributed by atoms with van der Waals surface area (Å²) >= 11 is 1.40. The zero-order valence-corrected chi connectivity index (χ0v) is 12.0. The van der Waals surface area contributed by atoms with Crippen molar-refractivity contribution >= 4 is 27.9 Å². The third-order valence-electron chi connectivity index (χ3n) is 3.80. The highest BCUT2D eigenvalue weighted by Crippen LogP contribution is 2.37. The fourth-order valence-electron chi connectivity index (χ4n) is 2.70. The maximum Gasteiger partial charge on any atom is 0.204 e. The van der Waals surface area contributed by atoms with E-state index in [-0.39, 0.29) is 11.6 Å². The van der Waals surface area contributed by atoms with E-state index >= 15 is 0 Å². The Morgan fingerprint density at radius 2 is 1.90 bits per heavy atom. The number of nitrogens with zero attached hydrogens (tertiary/aromatic N) is 2. The second-order valence-electron chi connectivity index (χ2n) is 5.01. The number of pyridine rings is 1. The quantitative estimate of drug-likeness (QED) is 0.685. The molecule has 1 fully saturated rings. The van der Waals surface area contributed by atoms with Gasteiger partial charge in [0, 0.05) is 36.6 Å². The van der Waals surface area contributed by atoms with Gasteiger partial charge in [0.2, 0.25) is 5.78 Å². The summed E-state index contributed by atoms with van der Waals surface area (Å²) < 4.78 is 5.34. The highest BCUT2D eigenvalue weighted by atomic mass is 32.1. The normalized spacial score (nSPS) is 17.6. The van der Waals surface area contributed by atoms with Crippen molar-refractivity contribution < 1.29 is 14.3 Å². The average Bonchev–Trinajstić information content (AvgIpc) is 2.99. The number of hydrogen-bond acceptors (Lipinski definition) is 6. The molecule has 2 aromatic rings. The number of carbonyl (C=O) groups excluding carboxylic acids is 2. The topological polar surface area (TPSA) is 59.5 Å². The third kappa shape index (κ3) is 1.91. The first-order valence-corrected chi connectivity index (χ1v) is 7.57. The molecule has 1 saturated heterocycles. The van der Waals surface area contributed by atoms with E-state index in [0.29, 0.717) is 34.8 Å². The molecule has 0 atom stereocenters. The molecule has 106 valence electrons. The van der Waals surface area contributed by atoms with Crippen molar-refractivity contribution in [3.05, 3.63) is 46.1 Å². The molecule has 1 aliphatic carbocycles. The van der Waals surface area contributed by atoms with Gasteiger partial charge in [-0.1, -0.05) is 0 Å². The van der Waals surface area contributed by atoms with E-state index < -0.39 is 0 Å². The molecule has 0 radical (unpaired) electrons. The van der Waals surface area contributed by atoms with Crippen molar-refractivity contribution in [1.82, 2.24) is 4.98 Å². The molecule has 5 nitrogen and oxygen atoms in total. The third-order valence-corrected chi connectivity index (χ3v) is 5.00. The van der Waals surface area contributed by atoms with E-state index in [0.717, 1.165) is 18.1 Å². The van der Waals surface area contributed by atoms with Crippen LogP contribution in [0, 0.1) is 0 Å². The summed E-state index contributed by atoms with van der Waals surface area (Å²) in [5.41, 5.74) is 1.37. The van der Waals surface area contributed by atoms with Crippen LogP contribution in [0.3, 0.4) is 0 Å². The molecule has 0 saturated carbocycles. The lowest BCUT2D eigenvalue weighted by atomic mass is 9.91. The summed E-state index contributed by atoms with van der Waals surface area (Å²) in [5.74, 6) is -0.185. The first-order valence-electron chi connectivity index (χ1n) is 6.75. The van der Waals surface area contributed by atoms with Gasteiger partial charge in [0.05, 0.1) is 28.7 Å². The van der Waals surface area contributed by atoms with Crippen molar-refractivity contribution in [3.8, 4) is 0 Å². The first-order chi connectivity index (χ1) is 10.3. The SMILES string of the molecule is O=C1c2cnccc2C(=O)c2sc(N3CCOCC3)cc21. The Morgan fingerprint density at radius 3 is 2.71 bits per heavy atom. The Hall–Kier alpha value is -2.05. The predicted molar refractivity (Wildman–Crippen MR) is 78.5 cm³/mol. The number of thiophene rings is 1. The number of aromatic nitrogens is 1. The Labute approximate surface area is 125 Å². The number of rotatable bonds is 1. The second kappa shape index (κ2) is 4.75. The molecule has 0 amide bonds. The summed E-state index contributed by atoms with van der Waals surface area (Å²) in [6.45, 7) is 2.93. The highest BCUT2D eigenvalue weighted by molar-refractivity contribution is 7.18. The lowest BCUT2D eigenvalue weighted by molar-refractivity contribution is 0.0982. The molecule has 0 bridgehead atoms. The number of morpholine rings is 1. The van der Waals surface area contributed by atoms with Crippen LogP contribution < -0.4 is 4.90 Å². The number of carbonyl (C=O) groups is 2. The maximum atomic E-state index is 12.5. The molecule has 1 aliphatic heterocycles. The first kappa shape index (κ1) is 12.7. The molecule has 6 heteroatoms. The highest BCUT2D eigenvalue weighted by Gasteiger charge is 2.33. The Morgan fingerprint density at radius 1 is 1.10 bits per heavy atom. The molecule has 2 aromatic heterocycles. The smallest absolute Gasteiger partial charge is 0.204 e. The summed E-state index contributed by atoms with van der Waals surface area (Å²) in [5, 5.41) is 0.964. The molecule has 2 aliphatic rings. The summed E-state index contributed by atoms with van der Waals surface area (Å²) in [4.78, 5) is 31.7. The lowest BCUT2D eigenvalue weighted by Crippen LogP contribution is -2.35. The van der Waals surface area contributed by atoms with Gasteiger partial charge in [0.1, 0.15) is 0 Å². The van der Waals surface area contributed by atoms with Crippen molar-refractivity contribution in [2.45, 2.75) is 0 Å². The van der Waals surface area contributed by atoms with E-state index in [1.54, 1.807) is 12.3 Å². The van der Waals surface area contributed by atoms with Gasteiger partial charge >= 0.3 is 0 Å². The van der Waals surface area contributed by atoms with Gasteiger partial charge < -0.3 is 9.64 Å². The van der Waals surface area contributed by atoms with E-state index in [1.165, 1.54) is 17.5 Å². The molecule has 0 spiro atoms. The Balaban J connectivity index is 1.79. The minimum absolute atomic E-state index is 0.0773. The molecular formula is C15H12N2O3S. The van der Waals surface area contributed by atoms with E-state index in [9.17, 15) is 9.59 Å². The van der Waals surface area contributed by atoms with Crippen molar-refractivity contribution in [3.63, 3.8) is 0 Å². The Bertz CT molecular complexity index is 695. The van der Waals surface area contributed by atoms with Gasteiger partial charge in [-0.25, -0.2) is 0 Å². The predicted octanol–water partition coefficient (Wildman–Crippen LogP) is 1.76. The number of hydrogen-bond donors (Lipinski definition) is 0. The van der Waals surface area contributed by atoms with E-state index in [1.807, 2.05) is 6.07 Å². The lowest BCUT2D eigenvalue weighted by Gasteiger charge is -2.27. The van der Waals surface area contributed by atoms with Gasteiger partial charge in [0.25, 0.3) is 0 Å². The fraction of sp³-hybridized carbons (Fsp3) is 0.267. The van der Waals surface area contributed by atoms with Gasteiger partial charge in [-0.05, 0) is 12.1 Å². The van der Waals surface area contributed by atoms with Crippen LogP contribution in [0.1, 0.15) is 31.2 Å². The maximum absolute atomic E-state index is 12.5. The standard InChI is InChI=1S/C15H12N2O3S/c18-13-10-7-12(17-3-5-20-6-4-17)21-15(10)14(19)9-1-2-16-8-11(9)13/h1-2,7-8H,3-6H2. The van der Waals surface area contributed by atoms with Crippen LogP contribution in [0.4, 0.5) is 5.00 Å². The largest absolute Gasteiger partial charge is 0.378 e. The number of anilines is 1. The molecular weight excluding hydrogens is 288 g/mol. The monoisotopic (exact) mass is 300 g/mol. The van der Waals surface area contributed by atoms with Gasteiger partial charge in [-0.3, -0.25) is 14.6 Å². The molecule has 21 heavy (non-hydrogen) atoms. The van der Waals surface area contributed by atoms with Crippen LogP contribution >= 0.6 is 11.3 Å². The van der Waals surface area contributed by atoms with Crippen LogP contribution in [0.15, 0.2) is 24.5 Å². The van der Waals surface area contributed by atoms with Crippen molar-refractivity contribution in [2.75, 3.05) is 31.2 Å². The van der Waals surface area contributed by atoms with Crippen molar-refractivity contribution in [2.24, 2.45) is 0 Å². The minimum atomic E-state index is -0.108. The molecule has 0 unspecified atom stereocenters. The van der Waals surface area contributed by atoms with Crippen molar-refractivity contribution in [1.29, 1.82) is 0 Å². The van der Waals surface area contributed by atoms with Gasteiger partial charge in [-0.15, -0.1) is 11.3 Å². The second-order valence-corrected chi connectivity index (χ2v) is 6.04. The average molecular weight is 300 g/mol. The van der Waals surface area contributed by atoms with Gasteiger partial charge in [-0.2, -0.15) is 0 Å². The van der Waals surface area contributed by atoms with E-state index in [4.69, 9.17) is 4.74 Å². The summed E-state index contributed by atoms with van der Waals surface area (Å²) in [6.07, 6.45) is 3.02. The van der Waals surface area contributed by atoms with Gasteiger partial charge in [0.15, 0.2) is 5.78 Å². The van der Waals surface area contributed by atoms with Crippen LogP contribution in [0.5, 0.6) is 0 Å². The van der Waals surface area contributed by atoms with Crippen LogP contribution in [-0.2, 0) is 4.74 Å². The number of fused-ring (bicyclic) bond motifs is 2. The number of ether oxygens (including phenoxy) is 1. The zero-order chi connectivity index (χ0) is 14.4. The van der Waals surface area contributed by atoms with E-state index in [2.05, 4.69) is 9.88 Å². The molecule has 0 aromatic carbocycles. The summed E-state index contributed by atoms with van der Waals surface area (Å²) in [7, 11) is 0. The fourth-order valence-corrected chi connectivity index (χ4v) is 3.86. The molecule has 3 heterocycles. The zero-order valence-electron chi connectivity index (χ0n) is 11.2. The van der Waals surface area contributed by atoms with Crippen LogP contribution in [0.2, 0.25) is 0 Å². The van der Waals surface area contributed by atoms with Crippen LogP contribution in [-0.4, -0.2) is 42.9 Å². The number of ketones is 2. The van der Waals surface area contributed by atoms with Crippen LogP contribution in [0.25, 0.3) is 0 Å². The minimum Gasteiger partial charge on any atom is -0.378 e. The summed E-state index contributed by atoms with van der Waals surface area (Å²) in [6, 6.07) is 3.45. The molecule has 4 rings (SSSR count). The Kier molecular flexibility index (Phi) is 2.87.